The predicted octanol–water partition coefficient (Wildman–Crippen LogP) is 2.64. The number of H-pyrrole nitrogens is 1. The number of nitrogens with one attached hydrogen (secondary N) is 1. The highest BCUT2D eigenvalue weighted by Crippen LogP contribution is 2.34. The molecule has 21 heavy (non-hydrogen) atoms. The Bertz CT molecular complexity index is 839. The fourth-order valence-electron chi connectivity index (χ4n) is 2.34. The number of pyridine rings is 1. The van der Waals surface area contributed by atoms with Crippen LogP contribution >= 0.6 is 0 Å². The fraction of sp³-hybridized carbons (Fsp3) is 0.133. The number of aromatic carboxylic acids is 1. The molecular formula is C15H13N3O3. The number of hydrogen-bond donors (Lipinski definition) is 2. The van der Waals surface area contributed by atoms with E-state index >= 15 is 0 Å². The van der Waals surface area contributed by atoms with E-state index in [4.69, 9.17) is 4.74 Å². The van der Waals surface area contributed by atoms with Crippen molar-refractivity contribution in [2.45, 2.75) is 6.92 Å². The van der Waals surface area contributed by atoms with E-state index in [-0.39, 0.29) is 5.69 Å². The maximum atomic E-state index is 11.3. The molecule has 0 aliphatic carbocycles. The Labute approximate surface area is 120 Å². The lowest BCUT2D eigenvalue weighted by molar-refractivity contribution is 0.0691. The number of fused-ring (bicyclic) bond motifs is 1. The average Bonchev–Trinajstić information content (AvgIpc) is 2.95. The third-order valence-electron chi connectivity index (χ3n) is 3.32. The predicted molar refractivity (Wildman–Crippen MR) is 77.6 cm³/mol. The van der Waals surface area contributed by atoms with Crippen LogP contribution in [-0.2, 0) is 0 Å². The molecule has 0 amide bonds. The van der Waals surface area contributed by atoms with Crippen LogP contribution in [0.4, 0.5) is 0 Å². The first-order valence-electron chi connectivity index (χ1n) is 6.33. The summed E-state index contributed by atoms with van der Waals surface area (Å²) in [4.78, 5) is 15.7. The first kappa shape index (κ1) is 13.1. The van der Waals surface area contributed by atoms with Crippen LogP contribution in [0.2, 0.25) is 0 Å². The number of aromatic nitrogens is 3. The highest BCUT2D eigenvalue weighted by Gasteiger charge is 2.17. The van der Waals surface area contributed by atoms with Gasteiger partial charge in [0.15, 0.2) is 5.69 Å². The molecule has 0 atom stereocenters. The summed E-state index contributed by atoms with van der Waals surface area (Å²) >= 11 is 0. The molecule has 1 aromatic carbocycles. The van der Waals surface area contributed by atoms with Gasteiger partial charge in [-0.2, -0.15) is 5.10 Å². The number of aryl methyl sites for hydroxylation is 1. The normalized spacial score (nSPS) is 10.8. The van der Waals surface area contributed by atoms with Crippen molar-refractivity contribution in [3.63, 3.8) is 0 Å². The van der Waals surface area contributed by atoms with E-state index in [1.165, 1.54) is 6.20 Å². The van der Waals surface area contributed by atoms with Crippen molar-refractivity contribution in [2.75, 3.05) is 7.11 Å². The third-order valence-corrected chi connectivity index (χ3v) is 3.32. The van der Waals surface area contributed by atoms with E-state index in [0.29, 0.717) is 16.8 Å². The molecular weight excluding hydrogens is 270 g/mol. The number of benzene rings is 1. The number of aromatic amines is 1. The molecule has 106 valence electrons. The van der Waals surface area contributed by atoms with Crippen LogP contribution in [0.3, 0.4) is 0 Å². The van der Waals surface area contributed by atoms with Crippen LogP contribution in [-0.4, -0.2) is 33.4 Å². The first-order valence-corrected chi connectivity index (χ1v) is 6.33. The van der Waals surface area contributed by atoms with E-state index < -0.39 is 5.97 Å². The second-order valence-corrected chi connectivity index (χ2v) is 4.63. The van der Waals surface area contributed by atoms with Crippen molar-refractivity contribution < 1.29 is 14.6 Å². The van der Waals surface area contributed by atoms with E-state index in [0.717, 1.165) is 16.6 Å². The van der Waals surface area contributed by atoms with Crippen LogP contribution in [0.15, 0.2) is 30.5 Å². The van der Waals surface area contributed by atoms with Crippen LogP contribution in [0, 0.1) is 6.92 Å². The molecule has 0 radical (unpaired) electrons. The highest BCUT2D eigenvalue weighted by molar-refractivity contribution is 6.03. The molecule has 3 rings (SSSR count). The first-order chi connectivity index (χ1) is 10.1. The van der Waals surface area contributed by atoms with Crippen molar-refractivity contribution in [2.24, 2.45) is 0 Å². The second-order valence-electron chi connectivity index (χ2n) is 4.63. The molecule has 0 saturated carbocycles. The standard InChI is InChI=1S/C15H13N3O3/c1-8-3-4-10-9(5-6-12(21-2)13(10)17-8)11-7-16-18-14(11)15(19)20/h3-7H,1-2H3,(H,16,18)(H,19,20). The smallest absolute Gasteiger partial charge is 0.354 e. The van der Waals surface area contributed by atoms with Gasteiger partial charge >= 0.3 is 5.97 Å². The Balaban J connectivity index is 2.34. The van der Waals surface area contributed by atoms with Gasteiger partial charge in [0.25, 0.3) is 0 Å². The molecule has 0 bridgehead atoms. The molecule has 3 aromatic rings. The zero-order chi connectivity index (χ0) is 15.0. The zero-order valence-electron chi connectivity index (χ0n) is 11.5. The van der Waals surface area contributed by atoms with E-state index in [1.54, 1.807) is 13.2 Å². The topological polar surface area (TPSA) is 88.1 Å². The summed E-state index contributed by atoms with van der Waals surface area (Å²) < 4.78 is 5.33. The monoisotopic (exact) mass is 283 g/mol. The summed E-state index contributed by atoms with van der Waals surface area (Å²) in [5.41, 5.74) is 2.91. The molecule has 6 nitrogen and oxygen atoms in total. The Morgan fingerprint density at radius 2 is 2.05 bits per heavy atom. The quantitative estimate of drug-likeness (QED) is 0.771. The van der Waals surface area contributed by atoms with Gasteiger partial charge in [0.05, 0.1) is 13.3 Å². The molecule has 0 spiro atoms. The molecule has 2 heterocycles. The fourth-order valence-corrected chi connectivity index (χ4v) is 2.34. The Hall–Kier alpha value is -2.89. The molecule has 0 saturated heterocycles. The van der Waals surface area contributed by atoms with Crippen molar-refractivity contribution in [1.29, 1.82) is 0 Å². The lowest BCUT2D eigenvalue weighted by atomic mass is 10.00. The molecule has 2 N–H and O–H groups in total. The molecule has 0 aliphatic heterocycles. The van der Waals surface area contributed by atoms with Crippen molar-refractivity contribution in [1.82, 2.24) is 15.2 Å². The molecule has 0 aliphatic rings. The summed E-state index contributed by atoms with van der Waals surface area (Å²) in [6.45, 7) is 1.89. The largest absolute Gasteiger partial charge is 0.494 e. The number of carboxylic acids is 1. The Kier molecular flexibility index (Phi) is 3.06. The average molecular weight is 283 g/mol. The number of methoxy groups -OCH3 is 1. The van der Waals surface area contributed by atoms with Gasteiger partial charge in [-0.1, -0.05) is 6.07 Å². The second kappa shape index (κ2) is 4.90. The zero-order valence-corrected chi connectivity index (χ0v) is 11.5. The van der Waals surface area contributed by atoms with Gasteiger partial charge in [0.2, 0.25) is 0 Å². The number of carboxylic acid groups (broad SMARTS) is 1. The lowest BCUT2D eigenvalue weighted by Gasteiger charge is -2.10. The summed E-state index contributed by atoms with van der Waals surface area (Å²) in [6, 6.07) is 7.39. The summed E-state index contributed by atoms with van der Waals surface area (Å²) in [6.07, 6.45) is 1.50. The van der Waals surface area contributed by atoms with Gasteiger partial charge in [-0.3, -0.25) is 5.10 Å². The minimum atomic E-state index is -1.05. The maximum Gasteiger partial charge on any atom is 0.354 e. The molecule has 0 fully saturated rings. The van der Waals surface area contributed by atoms with E-state index in [1.807, 2.05) is 25.1 Å². The summed E-state index contributed by atoms with van der Waals surface area (Å²) in [5.74, 6) is -0.399. The Morgan fingerprint density at radius 1 is 1.24 bits per heavy atom. The number of nitrogens with zero attached hydrogens (tertiary/aromatic N) is 2. The van der Waals surface area contributed by atoms with Crippen molar-refractivity contribution >= 4 is 16.9 Å². The number of carbonyl (C=O) groups is 1. The van der Waals surface area contributed by atoms with Crippen LogP contribution < -0.4 is 4.74 Å². The minimum Gasteiger partial charge on any atom is -0.494 e. The summed E-state index contributed by atoms with van der Waals surface area (Å²) in [5, 5.41) is 16.4. The number of ether oxygens (including phenoxy) is 1. The number of hydrogen-bond acceptors (Lipinski definition) is 4. The summed E-state index contributed by atoms with van der Waals surface area (Å²) in [7, 11) is 1.58. The van der Waals surface area contributed by atoms with Gasteiger partial charge in [-0.05, 0) is 30.7 Å². The minimum absolute atomic E-state index is 0.0574. The van der Waals surface area contributed by atoms with Crippen LogP contribution in [0.1, 0.15) is 16.2 Å². The van der Waals surface area contributed by atoms with Gasteiger partial charge < -0.3 is 9.84 Å². The van der Waals surface area contributed by atoms with E-state index in [9.17, 15) is 9.90 Å². The van der Waals surface area contributed by atoms with Crippen LogP contribution in [0.5, 0.6) is 5.75 Å². The van der Waals surface area contributed by atoms with Crippen LogP contribution in [0.25, 0.3) is 22.0 Å². The van der Waals surface area contributed by atoms with Crippen molar-refractivity contribution in [3.05, 3.63) is 41.9 Å². The van der Waals surface area contributed by atoms with Gasteiger partial charge in [-0.25, -0.2) is 9.78 Å². The molecule has 2 aromatic heterocycles. The molecule has 6 heteroatoms. The number of rotatable bonds is 3. The third kappa shape index (κ3) is 2.10. The molecule has 0 unspecified atom stereocenters. The Morgan fingerprint density at radius 3 is 2.76 bits per heavy atom. The highest BCUT2D eigenvalue weighted by atomic mass is 16.5. The van der Waals surface area contributed by atoms with Gasteiger partial charge in [0.1, 0.15) is 11.3 Å². The van der Waals surface area contributed by atoms with E-state index in [2.05, 4.69) is 15.2 Å². The van der Waals surface area contributed by atoms with Gasteiger partial charge in [0, 0.05) is 16.6 Å². The van der Waals surface area contributed by atoms with Gasteiger partial charge in [-0.15, -0.1) is 0 Å². The lowest BCUT2D eigenvalue weighted by Crippen LogP contribution is -1.99. The SMILES string of the molecule is COc1ccc(-c2cn[nH]c2C(=O)O)c2ccc(C)nc12. The maximum absolute atomic E-state index is 11.3. The van der Waals surface area contributed by atoms with Crippen molar-refractivity contribution in [3.8, 4) is 16.9 Å².